The molecular weight excluding hydrogens is 220 g/mol. The van der Waals surface area contributed by atoms with E-state index in [2.05, 4.69) is 9.97 Å². The number of carbonyl (C=O) groups excluding carboxylic acids is 1. The first-order valence-electron chi connectivity index (χ1n) is 5.61. The monoisotopic (exact) mass is 236 g/mol. The van der Waals surface area contributed by atoms with Crippen LogP contribution in [-0.4, -0.2) is 21.0 Å². The van der Waals surface area contributed by atoms with Gasteiger partial charge in [0.15, 0.2) is 0 Å². The number of carbonyl (C=O) groups is 1. The lowest BCUT2D eigenvalue weighted by Crippen LogP contribution is -2.10. The maximum Gasteiger partial charge on any atom is 0.142 e. The summed E-state index contributed by atoms with van der Waals surface area (Å²) in [5.41, 5.74) is 2.45. The topological polar surface area (TPSA) is 42.9 Å². The molecule has 1 unspecified atom stereocenters. The van der Waals surface area contributed by atoms with Gasteiger partial charge in [-0.25, -0.2) is 9.97 Å². The highest BCUT2D eigenvalue weighted by molar-refractivity contribution is 8.00. The Bertz CT molecular complexity index is 431. The molecule has 1 aromatic heterocycles. The number of hydrogen-bond donors (Lipinski definition) is 0. The third-order valence-corrected chi connectivity index (χ3v) is 4.11. The molecule has 0 bridgehead atoms. The molecule has 0 N–H and O–H groups in total. The minimum atomic E-state index is -0.0148. The van der Waals surface area contributed by atoms with Crippen molar-refractivity contribution in [3.8, 4) is 0 Å². The Labute approximate surface area is 100 Å². The zero-order valence-corrected chi connectivity index (χ0v) is 10.7. The number of Topliss-reactive ketones (excluding diaryl/α,β-unsaturated/α-hetero) is 1. The Hall–Kier alpha value is -0.900. The maximum absolute atomic E-state index is 11.3. The fraction of sp³-hybridized carbons (Fsp3) is 0.583. The number of fused-ring (bicyclic) bond motifs is 1. The van der Waals surface area contributed by atoms with Crippen LogP contribution in [0.2, 0.25) is 0 Å². The van der Waals surface area contributed by atoms with E-state index in [1.54, 1.807) is 18.7 Å². The quantitative estimate of drug-likeness (QED) is 0.597. The van der Waals surface area contributed by atoms with Crippen molar-refractivity contribution < 1.29 is 4.79 Å². The molecule has 0 saturated carbocycles. The van der Waals surface area contributed by atoms with Crippen LogP contribution in [0, 0.1) is 6.92 Å². The molecule has 0 saturated heterocycles. The summed E-state index contributed by atoms with van der Waals surface area (Å²) in [5.74, 6) is 1.02. The number of aromatic nitrogens is 2. The van der Waals surface area contributed by atoms with Crippen molar-refractivity contribution in [3.63, 3.8) is 0 Å². The molecule has 0 spiro atoms. The molecule has 16 heavy (non-hydrogen) atoms. The Morgan fingerprint density at radius 1 is 1.38 bits per heavy atom. The summed E-state index contributed by atoms with van der Waals surface area (Å²) in [6, 6.07) is 0. The molecule has 0 radical (unpaired) electrons. The van der Waals surface area contributed by atoms with Crippen LogP contribution in [0.1, 0.15) is 37.4 Å². The van der Waals surface area contributed by atoms with Crippen molar-refractivity contribution in [2.45, 2.75) is 50.3 Å². The van der Waals surface area contributed by atoms with E-state index in [0.717, 1.165) is 30.1 Å². The number of nitrogens with zero attached hydrogens (tertiary/aromatic N) is 2. The van der Waals surface area contributed by atoms with Crippen LogP contribution >= 0.6 is 11.8 Å². The van der Waals surface area contributed by atoms with Crippen molar-refractivity contribution >= 4 is 17.5 Å². The van der Waals surface area contributed by atoms with Crippen molar-refractivity contribution in [3.05, 3.63) is 17.1 Å². The van der Waals surface area contributed by atoms with Crippen LogP contribution in [0.25, 0.3) is 0 Å². The van der Waals surface area contributed by atoms with Gasteiger partial charge in [0.05, 0.1) is 5.25 Å². The van der Waals surface area contributed by atoms with Gasteiger partial charge in [0.25, 0.3) is 0 Å². The number of rotatable bonds is 3. The Kier molecular flexibility index (Phi) is 3.28. The highest BCUT2D eigenvalue weighted by Crippen LogP contribution is 2.31. The number of ketones is 1. The second kappa shape index (κ2) is 4.53. The molecule has 1 aromatic rings. The van der Waals surface area contributed by atoms with Crippen LogP contribution in [0.5, 0.6) is 0 Å². The lowest BCUT2D eigenvalue weighted by molar-refractivity contribution is -0.116. The zero-order valence-electron chi connectivity index (χ0n) is 9.91. The molecular formula is C12H16N2OS. The van der Waals surface area contributed by atoms with Gasteiger partial charge >= 0.3 is 0 Å². The molecule has 3 nitrogen and oxygen atoms in total. The van der Waals surface area contributed by atoms with E-state index in [1.807, 2.05) is 13.8 Å². The molecule has 1 heterocycles. The molecule has 0 aliphatic heterocycles. The predicted octanol–water partition coefficient (Wildman–Crippen LogP) is 2.34. The fourth-order valence-corrected chi connectivity index (χ4v) is 2.91. The van der Waals surface area contributed by atoms with Gasteiger partial charge in [-0.1, -0.05) is 11.8 Å². The number of hydrogen-bond acceptors (Lipinski definition) is 4. The van der Waals surface area contributed by atoms with Gasteiger partial charge in [-0.15, -0.1) is 0 Å². The molecule has 86 valence electrons. The molecule has 0 amide bonds. The summed E-state index contributed by atoms with van der Waals surface area (Å²) in [7, 11) is 0. The van der Waals surface area contributed by atoms with Gasteiger partial charge in [-0.2, -0.15) is 0 Å². The first-order chi connectivity index (χ1) is 7.58. The van der Waals surface area contributed by atoms with E-state index in [-0.39, 0.29) is 11.0 Å². The Balaban J connectivity index is 2.30. The summed E-state index contributed by atoms with van der Waals surface area (Å²) in [5, 5.41) is 1.00. The largest absolute Gasteiger partial charge is 0.299 e. The van der Waals surface area contributed by atoms with Crippen molar-refractivity contribution in [2.75, 3.05) is 0 Å². The van der Waals surface area contributed by atoms with Crippen LogP contribution in [-0.2, 0) is 17.6 Å². The van der Waals surface area contributed by atoms with Gasteiger partial charge in [-0.05, 0) is 40.0 Å². The minimum absolute atomic E-state index is 0.0148. The van der Waals surface area contributed by atoms with E-state index >= 15 is 0 Å². The number of thioether (sulfide) groups is 1. The average molecular weight is 236 g/mol. The average Bonchev–Trinajstić information content (AvgIpc) is 2.65. The summed E-state index contributed by atoms with van der Waals surface area (Å²) >= 11 is 1.57. The fourth-order valence-electron chi connectivity index (χ4n) is 1.86. The van der Waals surface area contributed by atoms with Gasteiger partial charge in [0, 0.05) is 11.3 Å². The van der Waals surface area contributed by atoms with Crippen LogP contribution < -0.4 is 0 Å². The maximum atomic E-state index is 11.3. The van der Waals surface area contributed by atoms with Crippen LogP contribution in [0.3, 0.4) is 0 Å². The van der Waals surface area contributed by atoms with E-state index < -0.39 is 0 Å². The van der Waals surface area contributed by atoms with Crippen molar-refractivity contribution in [1.29, 1.82) is 0 Å². The second-order valence-electron chi connectivity index (χ2n) is 4.23. The molecule has 1 aliphatic rings. The lowest BCUT2D eigenvalue weighted by Gasteiger charge is -2.11. The predicted molar refractivity (Wildman–Crippen MR) is 64.8 cm³/mol. The minimum Gasteiger partial charge on any atom is -0.299 e. The van der Waals surface area contributed by atoms with E-state index in [0.29, 0.717) is 0 Å². The Morgan fingerprint density at radius 2 is 2.12 bits per heavy atom. The van der Waals surface area contributed by atoms with Crippen molar-refractivity contribution in [1.82, 2.24) is 9.97 Å². The van der Waals surface area contributed by atoms with E-state index in [4.69, 9.17) is 0 Å². The zero-order chi connectivity index (χ0) is 11.7. The summed E-state index contributed by atoms with van der Waals surface area (Å²) < 4.78 is 0. The molecule has 0 aromatic carbocycles. The highest BCUT2D eigenvalue weighted by atomic mass is 32.2. The van der Waals surface area contributed by atoms with Crippen LogP contribution in [0.15, 0.2) is 5.03 Å². The van der Waals surface area contributed by atoms with Gasteiger partial charge in [0.2, 0.25) is 0 Å². The summed E-state index contributed by atoms with van der Waals surface area (Å²) in [4.78, 5) is 20.2. The Morgan fingerprint density at radius 3 is 2.81 bits per heavy atom. The number of aryl methyl sites for hydroxylation is 2. The third kappa shape index (κ3) is 2.26. The van der Waals surface area contributed by atoms with Gasteiger partial charge < -0.3 is 0 Å². The summed E-state index contributed by atoms with van der Waals surface area (Å²) in [6.45, 7) is 5.48. The van der Waals surface area contributed by atoms with Crippen molar-refractivity contribution in [2.24, 2.45) is 0 Å². The smallest absolute Gasteiger partial charge is 0.142 e. The van der Waals surface area contributed by atoms with Gasteiger partial charge in [0.1, 0.15) is 16.6 Å². The second-order valence-corrected chi connectivity index (χ2v) is 5.56. The van der Waals surface area contributed by atoms with E-state index in [1.165, 1.54) is 11.3 Å². The third-order valence-electron chi connectivity index (χ3n) is 2.87. The first-order valence-corrected chi connectivity index (χ1v) is 6.49. The standard InChI is InChI=1S/C12H16N2OS/c1-7(15)8(2)16-12-10-5-4-6-11(10)13-9(3)14-12/h8H,4-6H2,1-3H3. The lowest BCUT2D eigenvalue weighted by atomic mass is 10.3. The normalized spacial score (nSPS) is 15.9. The molecule has 1 aliphatic carbocycles. The molecule has 4 heteroatoms. The highest BCUT2D eigenvalue weighted by Gasteiger charge is 2.21. The van der Waals surface area contributed by atoms with Gasteiger partial charge in [-0.3, -0.25) is 4.79 Å². The SMILES string of the molecule is CC(=O)C(C)Sc1nc(C)nc2c1CCC2. The van der Waals surface area contributed by atoms with Crippen LogP contribution in [0.4, 0.5) is 0 Å². The molecule has 1 atom stereocenters. The molecule has 2 rings (SSSR count). The summed E-state index contributed by atoms with van der Waals surface area (Å²) in [6.07, 6.45) is 3.28. The van der Waals surface area contributed by atoms with E-state index in [9.17, 15) is 4.79 Å². The first kappa shape index (κ1) is 11.6. The molecule has 0 fully saturated rings.